The molecule has 0 fully saturated rings. The SMILES string of the molecule is CC(CO)CNc1cc([N+](=O)[O-])ccn1. The van der Waals surface area contributed by atoms with Gasteiger partial charge in [0, 0.05) is 25.4 Å². The lowest BCUT2D eigenvalue weighted by molar-refractivity contribution is -0.384. The normalized spacial score (nSPS) is 12.1. The van der Waals surface area contributed by atoms with Gasteiger partial charge in [0.25, 0.3) is 5.69 Å². The van der Waals surface area contributed by atoms with Gasteiger partial charge in [-0.3, -0.25) is 10.1 Å². The molecule has 0 aromatic carbocycles. The van der Waals surface area contributed by atoms with E-state index in [0.717, 1.165) is 0 Å². The number of nitrogens with one attached hydrogen (secondary N) is 1. The molecule has 0 saturated carbocycles. The highest BCUT2D eigenvalue weighted by atomic mass is 16.6. The van der Waals surface area contributed by atoms with E-state index >= 15 is 0 Å². The predicted octanol–water partition coefficient (Wildman–Crippen LogP) is 1.03. The van der Waals surface area contributed by atoms with E-state index in [9.17, 15) is 10.1 Å². The standard InChI is InChI=1S/C9H13N3O3/c1-7(6-13)5-11-9-4-8(12(14)15)2-3-10-9/h2-4,7,13H,5-6H2,1H3,(H,10,11). The summed E-state index contributed by atoms with van der Waals surface area (Å²) in [5, 5.41) is 22.2. The fourth-order valence-corrected chi connectivity index (χ4v) is 0.973. The molecule has 0 aliphatic carbocycles. The van der Waals surface area contributed by atoms with Crippen molar-refractivity contribution in [2.75, 3.05) is 18.5 Å². The summed E-state index contributed by atoms with van der Waals surface area (Å²) in [6, 6.07) is 2.70. The van der Waals surface area contributed by atoms with E-state index in [1.54, 1.807) is 0 Å². The summed E-state index contributed by atoms with van der Waals surface area (Å²) in [5.74, 6) is 0.538. The van der Waals surface area contributed by atoms with Crippen molar-refractivity contribution >= 4 is 11.5 Å². The summed E-state index contributed by atoms with van der Waals surface area (Å²) in [6.07, 6.45) is 1.38. The highest BCUT2D eigenvalue weighted by Gasteiger charge is 2.07. The fraction of sp³-hybridized carbons (Fsp3) is 0.444. The number of hydrogen-bond acceptors (Lipinski definition) is 5. The summed E-state index contributed by atoms with van der Waals surface area (Å²) in [4.78, 5) is 13.9. The number of nitro groups is 1. The Bertz CT molecular complexity index is 343. The number of rotatable bonds is 5. The van der Waals surface area contributed by atoms with Crippen LogP contribution in [0.5, 0.6) is 0 Å². The first-order valence-electron chi connectivity index (χ1n) is 4.58. The Balaban J connectivity index is 2.62. The van der Waals surface area contributed by atoms with Crippen LogP contribution < -0.4 is 5.32 Å². The monoisotopic (exact) mass is 211 g/mol. The van der Waals surface area contributed by atoms with E-state index in [-0.39, 0.29) is 18.2 Å². The van der Waals surface area contributed by atoms with Gasteiger partial charge in [-0.2, -0.15) is 0 Å². The van der Waals surface area contributed by atoms with E-state index in [1.807, 2.05) is 6.92 Å². The lowest BCUT2D eigenvalue weighted by Gasteiger charge is -2.09. The second-order valence-electron chi connectivity index (χ2n) is 3.33. The zero-order valence-electron chi connectivity index (χ0n) is 8.38. The van der Waals surface area contributed by atoms with Crippen LogP contribution in [0, 0.1) is 16.0 Å². The third-order valence-electron chi connectivity index (χ3n) is 1.90. The molecule has 1 heterocycles. The Labute approximate surface area is 87.1 Å². The summed E-state index contributed by atoms with van der Waals surface area (Å²) >= 11 is 0. The van der Waals surface area contributed by atoms with Crippen molar-refractivity contribution in [2.24, 2.45) is 5.92 Å². The minimum Gasteiger partial charge on any atom is -0.396 e. The molecule has 1 atom stereocenters. The maximum Gasteiger partial charge on any atom is 0.274 e. The van der Waals surface area contributed by atoms with Gasteiger partial charge in [-0.25, -0.2) is 4.98 Å². The number of aliphatic hydroxyl groups excluding tert-OH is 1. The van der Waals surface area contributed by atoms with Crippen LogP contribution in [0.15, 0.2) is 18.3 Å². The average Bonchev–Trinajstić information content (AvgIpc) is 2.26. The largest absolute Gasteiger partial charge is 0.396 e. The molecule has 1 aromatic heterocycles. The highest BCUT2D eigenvalue weighted by molar-refractivity contribution is 5.44. The van der Waals surface area contributed by atoms with Crippen LogP contribution in [0.1, 0.15) is 6.92 Å². The van der Waals surface area contributed by atoms with Crippen LogP contribution in [0.25, 0.3) is 0 Å². The minimum absolute atomic E-state index is 0.00384. The van der Waals surface area contributed by atoms with Crippen molar-refractivity contribution in [2.45, 2.75) is 6.92 Å². The molecule has 1 rings (SSSR count). The Hall–Kier alpha value is -1.69. The summed E-state index contributed by atoms with van der Waals surface area (Å²) in [7, 11) is 0. The van der Waals surface area contributed by atoms with E-state index in [2.05, 4.69) is 10.3 Å². The van der Waals surface area contributed by atoms with Gasteiger partial charge in [0.05, 0.1) is 11.0 Å². The number of pyridine rings is 1. The fourth-order valence-electron chi connectivity index (χ4n) is 0.973. The van der Waals surface area contributed by atoms with Gasteiger partial charge in [-0.1, -0.05) is 6.92 Å². The van der Waals surface area contributed by atoms with Crippen LogP contribution in [0.4, 0.5) is 11.5 Å². The zero-order valence-corrected chi connectivity index (χ0v) is 8.38. The van der Waals surface area contributed by atoms with Crippen molar-refractivity contribution in [3.8, 4) is 0 Å². The van der Waals surface area contributed by atoms with Gasteiger partial charge >= 0.3 is 0 Å². The minimum atomic E-state index is -0.470. The quantitative estimate of drug-likeness (QED) is 0.561. The Morgan fingerprint density at radius 1 is 1.73 bits per heavy atom. The molecule has 6 nitrogen and oxygen atoms in total. The van der Waals surface area contributed by atoms with Gasteiger partial charge in [-0.15, -0.1) is 0 Å². The first kappa shape index (κ1) is 11.4. The molecule has 0 aliphatic heterocycles. The molecule has 1 aromatic rings. The second kappa shape index (κ2) is 5.26. The molecule has 0 aliphatic rings. The number of hydrogen-bond donors (Lipinski definition) is 2. The topological polar surface area (TPSA) is 88.3 Å². The van der Waals surface area contributed by atoms with Crippen LogP contribution >= 0.6 is 0 Å². The molecule has 0 spiro atoms. The first-order valence-corrected chi connectivity index (χ1v) is 4.58. The highest BCUT2D eigenvalue weighted by Crippen LogP contribution is 2.14. The van der Waals surface area contributed by atoms with Gasteiger partial charge in [0.1, 0.15) is 5.82 Å². The lowest BCUT2D eigenvalue weighted by Crippen LogP contribution is -2.15. The molecule has 0 saturated heterocycles. The van der Waals surface area contributed by atoms with E-state index in [0.29, 0.717) is 12.4 Å². The van der Waals surface area contributed by atoms with E-state index in [1.165, 1.54) is 18.3 Å². The van der Waals surface area contributed by atoms with Crippen LogP contribution in [0.2, 0.25) is 0 Å². The van der Waals surface area contributed by atoms with Crippen molar-refractivity contribution in [3.63, 3.8) is 0 Å². The van der Waals surface area contributed by atoms with Gasteiger partial charge in [0.2, 0.25) is 0 Å². The van der Waals surface area contributed by atoms with Gasteiger partial charge < -0.3 is 10.4 Å². The number of nitrogens with zero attached hydrogens (tertiary/aromatic N) is 2. The summed E-state index contributed by atoms with van der Waals surface area (Å²) < 4.78 is 0. The van der Waals surface area contributed by atoms with Crippen LogP contribution in [-0.2, 0) is 0 Å². The Morgan fingerprint density at radius 3 is 3.07 bits per heavy atom. The van der Waals surface area contributed by atoms with Crippen molar-refractivity contribution in [1.82, 2.24) is 4.98 Å². The molecular weight excluding hydrogens is 198 g/mol. The first-order chi connectivity index (χ1) is 7.13. The van der Waals surface area contributed by atoms with Gasteiger partial charge in [-0.05, 0) is 5.92 Å². The maximum absolute atomic E-state index is 10.5. The molecule has 0 amide bonds. The van der Waals surface area contributed by atoms with Crippen LogP contribution in [0.3, 0.4) is 0 Å². The molecule has 0 radical (unpaired) electrons. The van der Waals surface area contributed by atoms with Crippen molar-refractivity contribution in [3.05, 3.63) is 28.4 Å². The Morgan fingerprint density at radius 2 is 2.47 bits per heavy atom. The molecule has 15 heavy (non-hydrogen) atoms. The number of aromatic nitrogens is 1. The molecule has 1 unspecified atom stereocenters. The molecule has 82 valence electrons. The molecule has 0 bridgehead atoms. The molecular formula is C9H13N3O3. The lowest BCUT2D eigenvalue weighted by atomic mass is 10.2. The predicted molar refractivity (Wildman–Crippen MR) is 55.6 cm³/mol. The summed E-state index contributed by atoms with van der Waals surface area (Å²) in [5.41, 5.74) is 0.00384. The third kappa shape index (κ3) is 3.51. The summed E-state index contributed by atoms with van der Waals surface area (Å²) in [6.45, 7) is 2.47. The smallest absolute Gasteiger partial charge is 0.274 e. The number of aliphatic hydroxyl groups is 1. The Kier molecular flexibility index (Phi) is 3.99. The van der Waals surface area contributed by atoms with Crippen molar-refractivity contribution < 1.29 is 10.0 Å². The van der Waals surface area contributed by atoms with E-state index in [4.69, 9.17) is 5.11 Å². The molecule has 2 N–H and O–H groups in total. The number of anilines is 1. The van der Waals surface area contributed by atoms with Crippen molar-refractivity contribution in [1.29, 1.82) is 0 Å². The maximum atomic E-state index is 10.5. The third-order valence-corrected chi connectivity index (χ3v) is 1.90. The van der Waals surface area contributed by atoms with Crippen LogP contribution in [-0.4, -0.2) is 28.2 Å². The van der Waals surface area contributed by atoms with Gasteiger partial charge in [0.15, 0.2) is 0 Å². The average molecular weight is 211 g/mol. The zero-order chi connectivity index (χ0) is 11.3. The van der Waals surface area contributed by atoms with E-state index < -0.39 is 4.92 Å². The second-order valence-corrected chi connectivity index (χ2v) is 3.33. The molecule has 6 heteroatoms.